The highest BCUT2D eigenvalue weighted by atomic mass is 16.5. The van der Waals surface area contributed by atoms with Gasteiger partial charge in [-0.2, -0.15) is 0 Å². The third kappa shape index (κ3) is 2.98. The lowest BCUT2D eigenvalue weighted by Crippen LogP contribution is -2.28. The van der Waals surface area contributed by atoms with E-state index in [1.54, 1.807) is 0 Å². The van der Waals surface area contributed by atoms with Gasteiger partial charge in [-0.05, 0) is 42.7 Å². The number of hydrogen-bond donors (Lipinski definition) is 0. The first-order chi connectivity index (χ1) is 12.2. The molecule has 1 spiro atoms. The van der Waals surface area contributed by atoms with Crippen molar-refractivity contribution < 1.29 is 9.53 Å². The van der Waals surface area contributed by atoms with Crippen LogP contribution >= 0.6 is 0 Å². The van der Waals surface area contributed by atoms with Crippen LogP contribution in [0.4, 0.5) is 0 Å². The molecule has 4 rings (SSSR count). The summed E-state index contributed by atoms with van der Waals surface area (Å²) in [5.41, 5.74) is 2.70. The van der Waals surface area contributed by atoms with Gasteiger partial charge in [-0.15, -0.1) is 0 Å². The normalized spacial score (nSPS) is 30.8. The minimum absolute atomic E-state index is 0.00815. The van der Waals surface area contributed by atoms with E-state index in [9.17, 15) is 4.79 Å². The van der Waals surface area contributed by atoms with Crippen LogP contribution in [0.2, 0.25) is 0 Å². The molecule has 1 aliphatic carbocycles. The molecule has 3 nitrogen and oxygen atoms in total. The highest BCUT2D eigenvalue weighted by Crippen LogP contribution is 2.55. The Morgan fingerprint density at radius 2 is 1.64 bits per heavy atom. The predicted octanol–water partition coefficient (Wildman–Crippen LogP) is 4.14. The van der Waals surface area contributed by atoms with Gasteiger partial charge in [0.1, 0.15) is 6.04 Å². The summed E-state index contributed by atoms with van der Waals surface area (Å²) in [4.78, 5) is 14.7. The van der Waals surface area contributed by atoms with Crippen LogP contribution in [-0.2, 0) is 16.1 Å². The molecule has 0 radical (unpaired) electrons. The summed E-state index contributed by atoms with van der Waals surface area (Å²) in [6, 6.07) is 21.1. The van der Waals surface area contributed by atoms with E-state index < -0.39 is 0 Å². The van der Waals surface area contributed by atoms with Gasteiger partial charge in [0.25, 0.3) is 0 Å². The van der Waals surface area contributed by atoms with Crippen molar-refractivity contribution in [1.82, 2.24) is 4.90 Å². The van der Waals surface area contributed by atoms with Gasteiger partial charge in [0, 0.05) is 12.1 Å². The number of carbonyl (C=O) groups excluding carboxylic acids is 1. The number of nitrogens with zero attached hydrogens (tertiary/aromatic N) is 1. The number of rotatable bonds is 4. The van der Waals surface area contributed by atoms with Crippen LogP contribution < -0.4 is 0 Å². The van der Waals surface area contributed by atoms with E-state index in [0.717, 1.165) is 32.2 Å². The summed E-state index contributed by atoms with van der Waals surface area (Å²) in [6.45, 7) is 0.830. The Hall–Kier alpha value is -2.13. The Bertz CT molecular complexity index is 720. The van der Waals surface area contributed by atoms with Crippen molar-refractivity contribution in [3.05, 3.63) is 71.8 Å². The van der Waals surface area contributed by atoms with Gasteiger partial charge in [-0.1, -0.05) is 60.7 Å². The second-order valence-corrected chi connectivity index (χ2v) is 7.33. The summed E-state index contributed by atoms with van der Waals surface area (Å²) in [5.74, 6) is 0.540. The zero-order valence-electron chi connectivity index (χ0n) is 14.7. The first kappa shape index (κ1) is 16.3. The number of benzene rings is 2. The lowest BCUT2D eigenvalue weighted by Gasteiger charge is -2.29. The molecule has 2 aliphatic rings. The van der Waals surface area contributed by atoms with E-state index in [0.29, 0.717) is 5.92 Å². The van der Waals surface area contributed by atoms with Crippen molar-refractivity contribution in [2.24, 2.45) is 0 Å². The Labute approximate surface area is 149 Å². The molecule has 130 valence electrons. The maximum atomic E-state index is 12.3. The van der Waals surface area contributed by atoms with Gasteiger partial charge in [-0.25, -0.2) is 0 Å². The van der Waals surface area contributed by atoms with Crippen molar-refractivity contribution in [1.29, 1.82) is 0 Å². The van der Waals surface area contributed by atoms with E-state index in [-0.39, 0.29) is 17.6 Å². The summed E-state index contributed by atoms with van der Waals surface area (Å²) in [7, 11) is 1.50. The molecule has 1 aliphatic heterocycles. The standard InChI is InChI=1S/C22H25NO2/c1-25-21(24)20-22(23(20)16-17-8-4-2-5-9-17)14-12-19(13-15-22)18-10-6-3-7-11-18/h2-11,19-20H,12-16H2,1H3. The fourth-order valence-corrected chi connectivity index (χ4v) is 4.66. The van der Waals surface area contributed by atoms with Crippen LogP contribution in [0.1, 0.15) is 42.7 Å². The van der Waals surface area contributed by atoms with Gasteiger partial charge in [0.05, 0.1) is 7.11 Å². The maximum absolute atomic E-state index is 12.3. The molecule has 2 fully saturated rings. The zero-order valence-corrected chi connectivity index (χ0v) is 14.7. The molecule has 1 saturated carbocycles. The van der Waals surface area contributed by atoms with E-state index in [4.69, 9.17) is 4.74 Å². The van der Waals surface area contributed by atoms with Crippen LogP contribution in [-0.4, -0.2) is 29.6 Å². The van der Waals surface area contributed by atoms with Gasteiger partial charge >= 0.3 is 5.97 Å². The number of esters is 1. The third-order valence-corrected chi connectivity index (χ3v) is 6.07. The topological polar surface area (TPSA) is 29.3 Å². The molecular formula is C22H25NO2. The van der Waals surface area contributed by atoms with Crippen molar-refractivity contribution in [2.45, 2.75) is 49.7 Å². The van der Waals surface area contributed by atoms with Crippen molar-refractivity contribution in [3.63, 3.8) is 0 Å². The molecular weight excluding hydrogens is 310 g/mol. The summed E-state index contributed by atoms with van der Waals surface area (Å²) in [6.07, 6.45) is 4.42. The molecule has 0 N–H and O–H groups in total. The number of carbonyl (C=O) groups is 1. The third-order valence-electron chi connectivity index (χ3n) is 6.07. The van der Waals surface area contributed by atoms with Crippen LogP contribution in [0, 0.1) is 0 Å². The van der Waals surface area contributed by atoms with E-state index >= 15 is 0 Å². The molecule has 0 bridgehead atoms. The van der Waals surface area contributed by atoms with Crippen LogP contribution in [0.5, 0.6) is 0 Å². The zero-order chi connectivity index (χ0) is 17.3. The van der Waals surface area contributed by atoms with E-state index in [1.165, 1.54) is 18.2 Å². The molecule has 3 heteroatoms. The molecule has 2 unspecified atom stereocenters. The molecule has 1 saturated heterocycles. The van der Waals surface area contributed by atoms with Crippen molar-refractivity contribution in [2.75, 3.05) is 7.11 Å². The lowest BCUT2D eigenvalue weighted by atomic mass is 9.76. The van der Waals surface area contributed by atoms with Crippen molar-refractivity contribution >= 4 is 5.97 Å². The second kappa shape index (κ2) is 6.64. The fraction of sp³-hybridized carbons (Fsp3) is 0.409. The Kier molecular flexibility index (Phi) is 4.34. The minimum Gasteiger partial charge on any atom is -0.468 e. The summed E-state index contributed by atoms with van der Waals surface area (Å²) in [5, 5.41) is 0. The lowest BCUT2D eigenvalue weighted by molar-refractivity contribution is -0.141. The molecule has 0 aromatic heterocycles. The van der Waals surface area contributed by atoms with Crippen LogP contribution in [0.25, 0.3) is 0 Å². The molecule has 2 aromatic rings. The predicted molar refractivity (Wildman–Crippen MR) is 98.2 cm³/mol. The molecule has 2 atom stereocenters. The molecule has 2 aromatic carbocycles. The number of methoxy groups -OCH3 is 1. The quantitative estimate of drug-likeness (QED) is 0.621. The fourth-order valence-electron chi connectivity index (χ4n) is 4.66. The van der Waals surface area contributed by atoms with Gasteiger partial charge in [0.2, 0.25) is 0 Å². The molecule has 1 heterocycles. The van der Waals surface area contributed by atoms with Crippen LogP contribution in [0.3, 0.4) is 0 Å². The number of hydrogen-bond acceptors (Lipinski definition) is 3. The van der Waals surface area contributed by atoms with Crippen LogP contribution in [0.15, 0.2) is 60.7 Å². The average Bonchev–Trinajstić information content (AvgIpc) is 3.28. The molecule has 0 amide bonds. The van der Waals surface area contributed by atoms with Gasteiger partial charge < -0.3 is 4.74 Å². The first-order valence-electron chi connectivity index (χ1n) is 9.18. The van der Waals surface area contributed by atoms with E-state index in [2.05, 4.69) is 59.5 Å². The SMILES string of the molecule is COC(=O)C1N(Cc2ccccc2)C12CCC(c1ccccc1)CC2. The summed E-state index contributed by atoms with van der Waals surface area (Å²) < 4.78 is 5.10. The monoisotopic (exact) mass is 335 g/mol. The average molecular weight is 335 g/mol. The number of ether oxygens (including phenoxy) is 1. The smallest absolute Gasteiger partial charge is 0.325 e. The minimum atomic E-state index is -0.0749. The highest BCUT2D eigenvalue weighted by Gasteiger charge is 2.66. The second-order valence-electron chi connectivity index (χ2n) is 7.33. The molecule has 25 heavy (non-hydrogen) atoms. The van der Waals surface area contributed by atoms with Gasteiger partial charge in [0.15, 0.2) is 0 Å². The summed E-state index contributed by atoms with van der Waals surface area (Å²) >= 11 is 0. The Balaban J connectivity index is 1.49. The van der Waals surface area contributed by atoms with Gasteiger partial charge in [-0.3, -0.25) is 9.69 Å². The Morgan fingerprint density at radius 1 is 1.04 bits per heavy atom. The van der Waals surface area contributed by atoms with Crippen molar-refractivity contribution in [3.8, 4) is 0 Å². The highest BCUT2D eigenvalue weighted by molar-refractivity contribution is 5.82. The largest absolute Gasteiger partial charge is 0.468 e. The maximum Gasteiger partial charge on any atom is 0.325 e. The first-order valence-corrected chi connectivity index (χ1v) is 9.18. The Morgan fingerprint density at radius 3 is 2.24 bits per heavy atom. The van der Waals surface area contributed by atoms with E-state index in [1.807, 2.05) is 6.07 Å².